The maximum atomic E-state index is 13.0. The Bertz CT molecular complexity index is 845. The molecule has 0 aromatic carbocycles. The molecule has 0 radical (unpaired) electrons. The molecule has 128 valence electrons. The van der Waals surface area contributed by atoms with Gasteiger partial charge in [-0.2, -0.15) is 4.98 Å². The number of hydrogen-bond donors (Lipinski definition) is 0. The van der Waals surface area contributed by atoms with Crippen molar-refractivity contribution in [3.8, 4) is 5.88 Å². The van der Waals surface area contributed by atoms with Crippen LogP contribution >= 0.6 is 11.6 Å². The van der Waals surface area contributed by atoms with Gasteiger partial charge in [0, 0.05) is 17.8 Å². The van der Waals surface area contributed by atoms with E-state index in [1.165, 1.54) is 12.8 Å². The molecule has 2 aromatic rings. The third-order valence-electron chi connectivity index (χ3n) is 5.40. The number of halogens is 1. The van der Waals surface area contributed by atoms with E-state index in [0.29, 0.717) is 17.4 Å². The molecule has 5 rings (SSSR count). The number of carbonyl (C=O) groups is 1. The van der Waals surface area contributed by atoms with Gasteiger partial charge in [-0.05, 0) is 56.2 Å². The SMILES string of the molecule is O=C1N(c2ccc(OC3CCCC3)nc2)c2nc(Cl)ncc2C12CC2. The first-order valence-corrected chi connectivity index (χ1v) is 9.05. The van der Waals surface area contributed by atoms with E-state index >= 15 is 0 Å². The van der Waals surface area contributed by atoms with Crippen LogP contribution in [-0.2, 0) is 10.2 Å². The molecule has 2 fully saturated rings. The predicted molar refractivity (Wildman–Crippen MR) is 92.2 cm³/mol. The fourth-order valence-corrected chi connectivity index (χ4v) is 4.01. The van der Waals surface area contributed by atoms with Crippen molar-refractivity contribution in [2.24, 2.45) is 0 Å². The van der Waals surface area contributed by atoms with Crippen molar-refractivity contribution >= 4 is 29.0 Å². The normalized spacial score (nSPS) is 21.0. The second-order valence-corrected chi connectivity index (χ2v) is 7.32. The van der Waals surface area contributed by atoms with E-state index in [0.717, 1.165) is 31.2 Å². The van der Waals surface area contributed by atoms with Crippen LogP contribution in [0, 0.1) is 0 Å². The van der Waals surface area contributed by atoms with E-state index in [9.17, 15) is 4.79 Å². The molecule has 1 spiro atoms. The second kappa shape index (κ2) is 5.39. The van der Waals surface area contributed by atoms with Gasteiger partial charge in [0.05, 0.1) is 17.3 Å². The average molecular weight is 357 g/mol. The number of nitrogens with zero attached hydrogens (tertiary/aromatic N) is 4. The molecule has 2 saturated carbocycles. The number of amides is 1. The van der Waals surface area contributed by atoms with Crippen LogP contribution in [0.3, 0.4) is 0 Å². The van der Waals surface area contributed by atoms with Crippen LogP contribution in [0.1, 0.15) is 44.1 Å². The van der Waals surface area contributed by atoms with Crippen molar-refractivity contribution in [2.75, 3.05) is 4.90 Å². The minimum Gasteiger partial charge on any atom is -0.474 e. The van der Waals surface area contributed by atoms with Crippen molar-refractivity contribution in [3.63, 3.8) is 0 Å². The third-order valence-corrected chi connectivity index (χ3v) is 5.58. The van der Waals surface area contributed by atoms with E-state index in [-0.39, 0.29) is 17.3 Å². The highest BCUT2D eigenvalue weighted by atomic mass is 35.5. The van der Waals surface area contributed by atoms with Crippen molar-refractivity contribution in [1.82, 2.24) is 15.0 Å². The van der Waals surface area contributed by atoms with Crippen LogP contribution in [-0.4, -0.2) is 27.0 Å². The number of anilines is 2. The minimum atomic E-state index is -0.459. The Kier molecular flexibility index (Phi) is 3.25. The zero-order valence-electron chi connectivity index (χ0n) is 13.6. The average Bonchev–Trinajstić information content (AvgIpc) is 3.19. The smallest absolute Gasteiger partial charge is 0.243 e. The molecule has 7 heteroatoms. The lowest BCUT2D eigenvalue weighted by molar-refractivity contribution is -0.119. The number of ether oxygens (including phenoxy) is 1. The molecule has 2 aromatic heterocycles. The monoisotopic (exact) mass is 356 g/mol. The number of aromatic nitrogens is 3. The van der Waals surface area contributed by atoms with Gasteiger partial charge in [0.2, 0.25) is 17.1 Å². The van der Waals surface area contributed by atoms with Gasteiger partial charge in [0.15, 0.2) is 0 Å². The Balaban J connectivity index is 1.47. The molecule has 0 unspecified atom stereocenters. The van der Waals surface area contributed by atoms with E-state index in [4.69, 9.17) is 16.3 Å². The summed E-state index contributed by atoms with van der Waals surface area (Å²) in [7, 11) is 0. The van der Waals surface area contributed by atoms with Gasteiger partial charge in [0.1, 0.15) is 11.9 Å². The van der Waals surface area contributed by atoms with Crippen LogP contribution in [0.25, 0.3) is 0 Å². The highest BCUT2D eigenvalue weighted by molar-refractivity contribution is 6.28. The van der Waals surface area contributed by atoms with Gasteiger partial charge in [-0.25, -0.2) is 9.97 Å². The summed E-state index contributed by atoms with van der Waals surface area (Å²) in [6, 6.07) is 3.68. The molecule has 0 atom stereocenters. The van der Waals surface area contributed by atoms with Crippen LogP contribution < -0.4 is 9.64 Å². The summed E-state index contributed by atoms with van der Waals surface area (Å²) in [6.07, 6.45) is 9.86. The number of fused-ring (bicyclic) bond motifs is 2. The highest BCUT2D eigenvalue weighted by Crippen LogP contribution is 2.58. The lowest BCUT2D eigenvalue weighted by Gasteiger charge is -2.18. The van der Waals surface area contributed by atoms with Gasteiger partial charge in [-0.1, -0.05) is 0 Å². The maximum Gasteiger partial charge on any atom is 0.243 e. The van der Waals surface area contributed by atoms with Gasteiger partial charge < -0.3 is 4.74 Å². The van der Waals surface area contributed by atoms with E-state index in [2.05, 4.69) is 15.0 Å². The Hall–Kier alpha value is -2.21. The number of hydrogen-bond acceptors (Lipinski definition) is 5. The number of rotatable bonds is 3. The summed E-state index contributed by atoms with van der Waals surface area (Å²) >= 11 is 5.96. The summed E-state index contributed by atoms with van der Waals surface area (Å²) in [6.45, 7) is 0. The molecule has 0 bridgehead atoms. The molecule has 1 amide bonds. The van der Waals surface area contributed by atoms with Gasteiger partial charge in [-0.15, -0.1) is 0 Å². The van der Waals surface area contributed by atoms with E-state index < -0.39 is 5.41 Å². The molecular formula is C18H17ClN4O2. The summed E-state index contributed by atoms with van der Waals surface area (Å²) in [5.41, 5.74) is 1.09. The fraction of sp³-hybridized carbons (Fsp3) is 0.444. The number of pyridine rings is 1. The zero-order valence-corrected chi connectivity index (χ0v) is 14.4. The van der Waals surface area contributed by atoms with Crippen LogP contribution in [0.15, 0.2) is 24.5 Å². The summed E-state index contributed by atoms with van der Waals surface area (Å²) in [5, 5.41) is 0.142. The fourth-order valence-electron chi connectivity index (χ4n) is 3.88. The van der Waals surface area contributed by atoms with Gasteiger partial charge >= 0.3 is 0 Å². The Morgan fingerprint density at radius 3 is 2.64 bits per heavy atom. The van der Waals surface area contributed by atoms with E-state index in [1.807, 2.05) is 12.1 Å². The van der Waals surface area contributed by atoms with Crippen LogP contribution in [0.5, 0.6) is 5.88 Å². The second-order valence-electron chi connectivity index (χ2n) is 6.98. The zero-order chi connectivity index (χ0) is 17.0. The first-order valence-electron chi connectivity index (χ1n) is 8.68. The predicted octanol–water partition coefficient (Wildman–Crippen LogP) is 3.56. The standard InChI is InChI=1S/C18H17ClN4O2/c19-17-21-10-13-15(22-17)23(16(24)18(13)7-8-18)11-5-6-14(20-9-11)25-12-3-1-2-4-12/h5-6,9-10,12H,1-4,7-8H2. The molecule has 6 nitrogen and oxygen atoms in total. The van der Waals surface area contributed by atoms with E-state index in [1.54, 1.807) is 17.3 Å². The topological polar surface area (TPSA) is 68.2 Å². The van der Waals surface area contributed by atoms with Gasteiger partial charge in [-0.3, -0.25) is 9.69 Å². The first-order chi connectivity index (χ1) is 12.2. The Labute approximate surface area is 150 Å². The molecule has 0 N–H and O–H groups in total. The molecule has 2 aliphatic carbocycles. The minimum absolute atomic E-state index is 0.0327. The Morgan fingerprint density at radius 2 is 1.96 bits per heavy atom. The van der Waals surface area contributed by atoms with Crippen molar-refractivity contribution in [1.29, 1.82) is 0 Å². The molecule has 1 aliphatic heterocycles. The van der Waals surface area contributed by atoms with Crippen LogP contribution in [0.2, 0.25) is 5.28 Å². The molecule has 25 heavy (non-hydrogen) atoms. The number of carbonyl (C=O) groups excluding carboxylic acids is 1. The summed E-state index contributed by atoms with van der Waals surface area (Å²) in [5.74, 6) is 1.21. The molecule has 0 saturated heterocycles. The van der Waals surface area contributed by atoms with Crippen molar-refractivity contribution < 1.29 is 9.53 Å². The lowest BCUT2D eigenvalue weighted by Crippen LogP contribution is -2.28. The summed E-state index contributed by atoms with van der Waals surface area (Å²) in [4.78, 5) is 27.3. The van der Waals surface area contributed by atoms with Crippen molar-refractivity contribution in [2.45, 2.75) is 50.0 Å². The Morgan fingerprint density at radius 1 is 1.16 bits per heavy atom. The third kappa shape index (κ3) is 2.31. The molecule has 3 heterocycles. The largest absolute Gasteiger partial charge is 0.474 e. The maximum absolute atomic E-state index is 13.0. The lowest BCUT2D eigenvalue weighted by atomic mass is 10.0. The molecule has 3 aliphatic rings. The molecular weight excluding hydrogens is 340 g/mol. The summed E-state index contributed by atoms with van der Waals surface area (Å²) < 4.78 is 5.90. The highest BCUT2D eigenvalue weighted by Gasteiger charge is 2.60. The quantitative estimate of drug-likeness (QED) is 0.786. The van der Waals surface area contributed by atoms with Gasteiger partial charge in [0.25, 0.3) is 0 Å². The van der Waals surface area contributed by atoms with Crippen LogP contribution in [0.4, 0.5) is 11.5 Å². The first kappa shape index (κ1) is 15.1. The van der Waals surface area contributed by atoms with Crippen molar-refractivity contribution in [3.05, 3.63) is 35.4 Å².